The van der Waals surface area contributed by atoms with E-state index in [1.807, 2.05) is 0 Å². The summed E-state index contributed by atoms with van der Waals surface area (Å²) in [5.41, 5.74) is 0.00876. The van der Waals surface area contributed by atoms with Crippen molar-refractivity contribution in [1.82, 2.24) is 9.80 Å². The number of nitrogens with zero attached hydrogens (tertiary/aromatic N) is 3. The summed E-state index contributed by atoms with van der Waals surface area (Å²) in [5.74, 6) is -1.60. The summed E-state index contributed by atoms with van der Waals surface area (Å²) < 4.78 is 20.1. The lowest BCUT2D eigenvalue weighted by Gasteiger charge is -2.37. The number of aliphatic hydroxyl groups is 1. The highest BCUT2D eigenvalue weighted by Crippen LogP contribution is 2.32. The number of hydrogen-bond acceptors (Lipinski definition) is 7. The van der Waals surface area contributed by atoms with Crippen LogP contribution in [0.2, 0.25) is 0 Å². The van der Waals surface area contributed by atoms with Crippen LogP contribution in [0.3, 0.4) is 0 Å². The van der Waals surface area contributed by atoms with E-state index in [4.69, 9.17) is 9.84 Å². The number of para-hydroxylation sites is 1. The van der Waals surface area contributed by atoms with E-state index < -0.39 is 29.3 Å². The summed E-state index contributed by atoms with van der Waals surface area (Å²) in [4.78, 5) is 40.9. The first kappa shape index (κ1) is 22.5. The van der Waals surface area contributed by atoms with Gasteiger partial charge in [0.2, 0.25) is 0 Å². The van der Waals surface area contributed by atoms with E-state index in [0.717, 1.165) is 11.0 Å². The fourth-order valence-corrected chi connectivity index (χ4v) is 3.43. The van der Waals surface area contributed by atoms with Crippen molar-refractivity contribution in [3.63, 3.8) is 0 Å². The van der Waals surface area contributed by atoms with Crippen molar-refractivity contribution in [3.05, 3.63) is 35.8 Å². The molecule has 0 aliphatic carbocycles. The number of imide groups is 1. The standard InChI is InChI=1S/C21H27FN4O5/c1-21(2,3)31-20(30)25-9-7-24(8-10-25)18-14(22)5-4-6-15(18)23-16-13-17(28)26(11-12-27)19(16)29/h4-6,13,23,27H,7-12H2,1-3H3. The predicted molar refractivity (Wildman–Crippen MR) is 112 cm³/mol. The Labute approximate surface area is 180 Å². The van der Waals surface area contributed by atoms with E-state index in [0.29, 0.717) is 31.9 Å². The van der Waals surface area contributed by atoms with Crippen LogP contribution >= 0.6 is 0 Å². The van der Waals surface area contributed by atoms with Crippen LogP contribution in [0.1, 0.15) is 20.8 Å². The third-order valence-corrected chi connectivity index (χ3v) is 4.84. The molecule has 2 aliphatic heterocycles. The van der Waals surface area contributed by atoms with Gasteiger partial charge in [-0.3, -0.25) is 14.5 Å². The Balaban J connectivity index is 1.73. The number of hydrogen-bond donors (Lipinski definition) is 2. The lowest BCUT2D eigenvalue weighted by Crippen LogP contribution is -2.50. The van der Waals surface area contributed by atoms with Crippen LogP contribution in [-0.4, -0.2) is 77.7 Å². The molecule has 1 aromatic rings. The van der Waals surface area contributed by atoms with Gasteiger partial charge in [0.05, 0.1) is 24.5 Å². The third-order valence-electron chi connectivity index (χ3n) is 4.84. The zero-order valence-electron chi connectivity index (χ0n) is 17.9. The van der Waals surface area contributed by atoms with Crippen molar-refractivity contribution in [2.24, 2.45) is 0 Å². The molecule has 0 bridgehead atoms. The topological polar surface area (TPSA) is 102 Å². The summed E-state index contributed by atoms with van der Waals surface area (Å²) in [7, 11) is 0. The van der Waals surface area contributed by atoms with Crippen molar-refractivity contribution >= 4 is 29.3 Å². The molecular weight excluding hydrogens is 407 g/mol. The van der Waals surface area contributed by atoms with Crippen LogP contribution in [0.4, 0.5) is 20.6 Å². The summed E-state index contributed by atoms with van der Waals surface area (Å²) >= 11 is 0. The Morgan fingerprint density at radius 1 is 1.19 bits per heavy atom. The fraction of sp³-hybridized carbons (Fsp3) is 0.476. The molecule has 0 unspecified atom stereocenters. The molecule has 31 heavy (non-hydrogen) atoms. The molecule has 1 fully saturated rings. The van der Waals surface area contributed by atoms with Crippen LogP contribution in [0, 0.1) is 5.82 Å². The number of ether oxygens (including phenoxy) is 1. The molecule has 0 saturated carbocycles. The largest absolute Gasteiger partial charge is 0.444 e. The second-order valence-electron chi connectivity index (χ2n) is 8.29. The molecule has 0 radical (unpaired) electrons. The van der Waals surface area contributed by atoms with Gasteiger partial charge in [-0.05, 0) is 32.9 Å². The highest BCUT2D eigenvalue weighted by Gasteiger charge is 2.32. The molecule has 0 atom stereocenters. The normalized spacial score (nSPS) is 17.2. The predicted octanol–water partition coefficient (Wildman–Crippen LogP) is 1.54. The van der Waals surface area contributed by atoms with E-state index >= 15 is 0 Å². The van der Waals surface area contributed by atoms with Crippen LogP contribution in [0.25, 0.3) is 0 Å². The van der Waals surface area contributed by atoms with Gasteiger partial charge in [-0.2, -0.15) is 0 Å². The Morgan fingerprint density at radius 2 is 1.87 bits per heavy atom. The molecule has 0 aromatic heterocycles. The van der Waals surface area contributed by atoms with Gasteiger partial charge in [-0.25, -0.2) is 9.18 Å². The van der Waals surface area contributed by atoms with Crippen LogP contribution < -0.4 is 10.2 Å². The number of β-amino-alcohol motifs (C(OH)–C–C–N with tert-alkyl or cyclic N) is 1. The van der Waals surface area contributed by atoms with E-state index in [1.165, 1.54) is 12.1 Å². The molecule has 1 aromatic carbocycles. The number of aliphatic hydroxyl groups excluding tert-OH is 1. The molecule has 2 aliphatic rings. The van der Waals surface area contributed by atoms with Crippen molar-refractivity contribution in [3.8, 4) is 0 Å². The lowest BCUT2D eigenvalue weighted by atomic mass is 10.2. The van der Waals surface area contributed by atoms with Crippen LogP contribution in [-0.2, 0) is 14.3 Å². The molecule has 168 valence electrons. The highest BCUT2D eigenvalue weighted by atomic mass is 19.1. The Hall–Kier alpha value is -3.14. The summed E-state index contributed by atoms with van der Waals surface area (Å²) in [5, 5.41) is 11.9. The first-order valence-electron chi connectivity index (χ1n) is 10.1. The minimum Gasteiger partial charge on any atom is -0.444 e. The Morgan fingerprint density at radius 3 is 2.48 bits per heavy atom. The number of amides is 3. The van der Waals surface area contributed by atoms with Crippen molar-refractivity contribution in [2.45, 2.75) is 26.4 Å². The Kier molecular flexibility index (Phi) is 6.49. The van der Waals surface area contributed by atoms with Crippen LogP contribution in [0.15, 0.2) is 30.0 Å². The highest BCUT2D eigenvalue weighted by molar-refractivity contribution is 6.17. The second kappa shape index (κ2) is 8.93. The van der Waals surface area contributed by atoms with Crippen molar-refractivity contribution in [2.75, 3.05) is 49.5 Å². The minimum absolute atomic E-state index is 0.0118. The fourth-order valence-electron chi connectivity index (χ4n) is 3.43. The van der Waals surface area contributed by atoms with Gasteiger partial charge in [0, 0.05) is 32.3 Å². The molecule has 0 spiro atoms. The first-order chi connectivity index (χ1) is 14.6. The molecule has 10 heteroatoms. The maximum absolute atomic E-state index is 14.8. The molecular formula is C21H27FN4O5. The smallest absolute Gasteiger partial charge is 0.410 e. The molecule has 9 nitrogen and oxygen atoms in total. The minimum atomic E-state index is -0.597. The molecule has 3 rings (SSSR count). The third kappa shape index (κ3) is 5.13. The van der Waals surface area contributed by atoms with Gasteiger partial charge in [0.1, 0.15) is 17.1 Å². The maximum Gasteiger partial charge on any atom is 0.410 e. The van der Waals surface area contributed by atoms with Gasteiger partial charge in [0.25, 0.3) is 11.8 Å². The number of halogens is 1. The van der Waals surface area contributed by atoms with E-state index in [2.05, 4.69) is 5.32 Å². The van der Waals surface area contributed by atoms with E-state index in [1.54, 1.807) is 36.6 Å². The zero-order chi connectivity index (χ0) is 22.8. The number of rotatable bonds is 5. The van der Waals surface area contributed by atoms with Gasteiger partial charge in [-0.1, -0.05) is 6.07 Å². The lowest BCUT2D eigenvalue weighted by molar-refractivity contribution is -0.137. The van der Waals surface area contributed by atoms with E-state index in [9.17, 15) is 18.8 Å². The number of carbonyl (C=O) groups is 3. The van der Waals surface area contributed by atoms with Crippen molar-refractivity contribution < 1.29 is 28.6 Å². The average Bonchev–Trinajstić information content (AvgIpc) is 2.95. The summed E-state index contributed by atoms with van der Waals surface area (Å²) in [6, 6.07) is 4.44. The molecule has 3 amide bonds. The number of nitrogens with one attached hydrogen (secondary N) is 1. The zero-order valence-corrected chi connectivity index (χ0v) is 17.9. The van der Waals surface area contributed by atoms with Crippen molar-refractivity contribution in [1.29, 1.82) is 0 Å². The number of carbonyl (C=O) groups excluding carboxylic acids is 3. The van der Waals surface area contributed by atoms with Gasteiger partial charge >= 0.3 is 6.09 Å². The number of benzene rings is 1. The quantitative estimate of drug-likeness (QED) is 0.678. The van der Waals surface area contributed by atoms with Gasteiger partial charge in [0.15, 0.2) is 0 Å². The SMILES string of the molecule is CC(C)(C)OC(=O)N1CCN(c2c(F)cccc2NC2=CC(=O)N(CCO)C2=O)CC1. The monoisotopic (exact) mass is 434 g/mol. The maximum atomic E-state index is 14.8. The van der Waals surface area contributed by atoms with Crippen LogP contribution in [0.5, 0.6) is 0 Å². The summed E-state index contributed by atoms with van der Waals surface area (Å²) in [6.07, 6.45) is 0.718. The van der Waals surface area contributed by atoms with Gasteiger partial charge in [-0.15, -0.1) is 0 Å². The number of piperazine rings is 1. The second-order valence-corrected chi connectivity index (χ2v) is 8.29. The summed E-state index contributed by atoms with van der Waals surface area (Å²) in [6.45, 7) is 6.39. The Bertz CT molecular complexity index is 904. The molecule has 1 saturated heterocycles. The molecule has 2 N–H and O–H groups in total. The van der Waals surface area contributed by atoms with Gasteiger partial charge < -0.3 is 25.0 Å². The molecule has 2 heterocycles. The van der Waals surface area contributed by atoms with E-state index in [-0.39, 0.29) is 24.5 Å². The average molecular weight is 434 g/mol. The number of anilines is 2. The first-order valence-corrected chi connectivity index (χ1v) is 10.1.